The molecule has 1 aromatic carbocycles. The topological polar surface area (TPSA) is 54.2 Å². The standard InChI is InChI=1S/C16H23N5S.HI/c1-14-12-20-21(13-14)10-8-18-16(17-2)19-9-11-22-15-6-4-3-5-7-15;/h3-7,12-13H,8-11H2,1-2H3,(H2,17,18,19);1H. The highest BCUT2D eigenvalue weighted by atomic mass is 127. The Morgan fingerprint density at radius 3 is 2.61 bits per heavy atom. The second-order valence-corrected chi connectivity index (χ2v) is 6.04. The maximum atomic E-state index is 4.26. The second kappa shape index (κ2) is 11.3. The second-order valence-electron chi connectivity index (χ2n) is 4.87. The lowest BCUT2D eigenvalue weighted by Gasteiger charge is -2.11. The molecule has 2 N–H and O–H groups in total. The quantitative estimate of drug-likeness (QED) is 0.226. The molecule has 2 rings (SSSR count). The molecule has 0 unspecified atom stereocenters. The number of aliphatic imine (C=N–C) groups is 1. The van der Waals surface area contributed by atoms with Crippen LogP contribution in [0.25, 0.3) is 0 Å². The van der Waals surface area contributed by atoms with Crippen molar-refractivity contribution in [2.75, 3.05) is 25.9 Å². The van der Waals surface area contributed by atoms with Crippen LogP contribution in [-0.2, 0) is 6.54 Å². The van der Waals surface area contributed by atoms with Gasteiger partial charge in [-0.1, -0.05) is 18.2 Å². The number of aryl methyl sites for hydroxylation is 1. The number of hydrogen-bond donors (Lipinski definition) is 2. The van der Waals surface area contributed by atoms with E-state index in [0.717, 1.165) is 31.3 Å². The van der Waals surface area contributed by atoms with Gasteiger partial charge in [-0.15, -0.1) is 35.7 Å². The Kier molecular flexibility index (Phi) is 9.77. The van der Waals surface area contributed by atoms with Gasteiger partial charge < -0.3 is 10.6 Å². The van der Waals surface area contributed by atoms with Gasteiger partial charge in [0.05, 0.1) is 12.7 Å². The van der Waals surface area contributed by atoms with Gasteiger partial charge in [0.25, 0.3) is 0 Å². The van der Waals surface area contributed by atoms with Gasteiger partial charge in [0.1, 0.15) is 0 Å². The molecule has 1 heterocycles. The smallest absolute Gasteiger partial charge is 0.191 e. The van der Waals surface area contributed by atoms with Crippen molar-refractivity contribution in [2.45, 2.75) is 18.4 Å². The fourth-order valence-corrected chi connectivity index (χ4v) is 2.74. The molecule has 0 fully saturated rings. The molecule has 0 aliphatic rings. The van der Waals surface area contributed by atoms with Crippen molar-refractivity contribution in [3.8, 4) is 0 Å². The summed E-state index contributed by atoms with van der Waals surface area (Å²) in [7, 11) is 1.79. The summed E-state index contributed by atoms with van der Waals surface area (Å²) in [5.41, 5.74) is 1.18. The number of thioether (sulfide) groups is 1. The Labute approximate surface area is 159 Å². The first-order valence-corrected chi connectivity index (χ1v) is 8.38. The lowest BCUT2D eigenvalue weighted by atomic mass is 10.4. The van der Waals surface area contributed by atoms with Gasteiger partial charge in [0, 0.05) is 37.0 Å². The van der Waals surface area contributed by atoms with Gasteiger partial charge in [-0.2, -0.15) is 5.10 Å². The zero-order valence-electron chi connectivity index (χ0n) is 13.5. The van der Waals surface area contributed by atoms with Crippen LogP contribution in [0, 0.1) is 6.92 Å². The van der Waals surface area contributed by atoms with Crippen LogP contribution in [0.4, 0.5) is 0 Å². The Balaban J connectivity index is 0.00000264. The number of halogens is 1. The van der Waals surface area contributed by atoms with E-state index in [1.54, 1.807) is 7.05 Å². The summed E-state index contributed by atoms with van der Waals surface area (Å²) in [5.74, 6) is 1.83. The molecule has 0 radical (unpaired) electrons. The molecule has 126 valence electrons. The summed E-state index contributed by atoms with van der Waals surface area (Å²) in [4.78, 5) is 5.52. The van der Waals surface area contributed by atoms with Gasteiger partial charge in [-0.25, -0.2) is 0 Å². The maximum Gasteiger partial charge on any atom is 0.191 e. The average Bonchev–Trinajstić information content (AvgIpc) is 2.96. The predicted molar refractivity (Wildman–Crippen MR) is 109 cm³/mol. The van der Waals surface area contributed by atoms with Crippen molar-refractivity contribution < 1.29 is 0 Å². The lowest BCUT2D eigenvalue weighted by molar-refractivity contribution is 0.598. The average molecular weight is 445 g/mol. The Hall–Kier alpha value is -1.22. The van der Waals surface area contributed by atoms with E-state index in [0.29, 0.717) is 0 Å². The minimum Gasteiger partial charge on any atom is -0.356 e. The summed E-state index contributed by atoms with van der Waals surface area (Å²) < 4.78 is 1.93. The summed E-state index contributed by atoms with van der Waals surface area (Å²) in [6.07, 6.45) is 3.91. The van der Waals surface area contributed by atoms with Crippen LogP contribution in [0.2, 0.25) is 0 Å². The van der Waals surface area contributed by atoms with E-state index in [2.05, 4.69) is 45.0 Å². The van der Waals surface area contributed by atoms with Crippen molar-refractivity contribution in [3.63, 3.8) is 0 Å². The van der Waals surface area contributed by atoms with E-state index in [9.17, 15) is 0 Å². The van der Waals surface area contributed by atoms with Gasteiger partial charge >= 0.3 is 0 Å². The molecule has 0 aliphatic carbocycles. The third-order valence-corrected chi connectivity index (χ3v) is 4.04. The summed E-state index contributed by atoms with van der Waals surface area (Å²) in [5, 5.41) is 10.9. The molecule has 1 aromatic heterocycles. The molecule has 0 bridgehead atoms. The zero-order valence-corrected chi connectivity index (χ0v) is 16.7. The molecule has 2 aromatic rings. The van der Waals surface area contributed by atoms with Gasteiger partial charge in [0.15, 0.2) is 5.96 Å². The molecule has 0 aliphatic heterocycles. The summed E-state index contributed by atoms with van der Waals surface area (Å²) in [6, 6.07) is 10.4. The molecule has 0 atom stereocenters. The minimum absolute atomic E-state index is 0. The number of nitrogens with one attached hydrogen (secondary N) is 2. The zero-order chi connectivity index (χ0) is 15.6. The molecule has 0 amide bonds. The highest BCUT2D eigenvalue weighted by molar-refractivity contribution is 14.0. The van der Waals surface area contributed by atoms with Crippen LogP contribution in [0.15, 0.2) is 52.6 Å². The highest BCUT2D eigenvalue weighted by Gasteiger charge is 1.99. The molecule has 7 heteroatoms. The highest BCUT2D eigenvalue weighted by Crippen LogP contribution is 2.15. The van der Waals surface area contributed by atoms with E-state index in [1.165, 1.54) is 10.5 Å². The number of hydrogen-bond acceptors (Lipinski definition) is 3. The van der Waals surface area contributed by atoms with E-state index >= 15 is 0 Å². The van der Waals surface area contributed by atoms with Crippen LogP contribution in [0.3, 0.4) is 0 Å². The molecule has 23 heavy (non-hydrogen) atoms. The Morgan fingerprint density at radius 2 is 1.96 bits per heavy atom. The third-order valence-electron chi connectivity index (χ3n) is 3.03. The Bertz CT molecular complexity index is 585. The molecular formula is C16H24IN5S. The Morgan fingerprint density at radius 1 is 1.22 bits per heavy atom. The normalized spacial score (nSPS) is 11.0. The first-order chi connectivity index (χ1) is 10.8. The molecule has 0 saturated carbocycles. The first kappa shape index (κ1) is 19.8. The van der Waals surface area contributed by atoms with Crippen molar-refractivity contribution in [1.29, 1.82) is 0 Å². The first-order valence-electron chi connectivity index (χ1n) is 7.39. The molecule has 0 spiro atoms. The van der Waals surface area contributed by atoms with Crippen LogP contribution in [0.1, 0.15) is 5.56 Å². The lowest BCUT2D eigenvalue weighted by Crippen LogP contribution is -2.39. The number of guanidine groups is 1. The number of aromatic nitrogens is 2. The van der Waals surface area contributed by atoms with Gasteiger partial charge in [0.2, 0.25) is 0 Å². The monoisotopic (exact) mass is 445 g/mol. The van der Waals surface area contributed by atoms with Crippen molar-refractivity contribution in [2.24, 2.45) is 4.99 Å². The largest absolute Gasteiger partial charge is 0.356 e. The predicted octanol–water partition coefficient (Wildman–Crippen LogP) is 2.77. The molecular weight excluding hydrogens is 421 g/mol. The van der Waals surface area contributed by atoms with E-state index in [4.69, 9.17) is 0 Å². The molecule has 0 saturated heterocycles. The number of benzene rings is 1. The SMILES string of the molecule is CN=C(NCCSc1ccccc1)NCCn1cc(C)cn1.I. The minimum atomic E-state index is 0. The van der Waals surface area contributed by atoms with Crippen LogP contribution in [0.5, 0.6) is 0 Å². The van der Waals surface area contributed by atoms with E-state index < -0.39 is 0 Å². The van der Waals surface area contributed by atoms with Gasteiger partial charge in [-0.3, -0.25) is 9.67 Å². The van der Waals surface area contributed by atoms with Crippen molar-refractivity contribution in [1.82, 2.24) is 20.4 Å². The van der Waals surface area contributed by atoms with Crippen molar-refractivity contribution in [3.05, 3.63) is 48.3 Å². The fourth-order valence-electron chi connectivity index (χ4n) is 1.95. The third kappa shape index (κ3) is 7.74. The van der Waals surface area contributed by atoms with Crippen LogP contribution < -0.4 is 10.6 Å². The van der Waals surface area contributed by atoms with E-state index in [1.807, 2.05) is 41.8 Å². The fraction of sp³-hybridized carbons (Fsp3) is 0.375. The summed E-state index contributed by atoms with van der Waals surface area (Å²) >= 11 is 1.84. The number of rotatable bonds is 7. The van der Waals surface area contributed by atoms with Crippen LogP contribution in [-0.4, -0.2) is 41.6 Å². The van der Waals surface area contributed by atoms with Crippen molar-refractivity contribution >= 4 is 41.7 Å². The summed E-state index contributed by atoms with van der Waals surface area (Å²) in [6.45, 7) is 4.54. The van der Waals surface area contributed by atoms with Gasteiger partial charge in [-0.05, 0) is 24.6 Å². The maximum absolute atomic E-state index is 4.26. The number of nitrogens with zero attached hydrogens (tertiary/aromatic N) is 3. The van der Waals surface area contributed by atoms with E-state index in [-0.39, 0.29) is 24.0 Å². The van der Waals surface area contributed by atoms with Crippen LogP contribution >= 0.6 is 35.7 Å². The molecule has 5 nitrogen and oxygen atoms in total.